The Labute approximate surface area is 67.3 Å². The summed E-state index contributed by atoms with van der Waals surface area (Å²) in [6.45, 7) is 7.96. The van der Waals surface area contributed by atoms with E-state index in [9.17, 15) is 0 Å². The van der Waals surface area contributed by atoms with Crippen molar-refractivity contribution in [3.63, 3.8) is 0 Å². The van der Waals surface area contributed by atoms with Crippen molar-refractivity contribution in [3.8, 4) is 0 Å². The molecule has 0 saturated heterocycles. The third-order valence-corrected chi connectivity index (χ3v) is 1.07. The number of nitrogens with zero attached hydrogens (tertiary/aromatic N) is 1. The van der Waals surface area contributed by atoms with Crippen LogP contribution in [-0.2, 0) is 6.42 Å². The van der Waals surface area contributed by atoms with Gasteiger partial charge in [-0.25, -0.2) is 4.98 Å². The van der Waals surface area contributed by atoms with Crippen LogP contribution in [0.3, 0.4) is 0 Å². The lowest BCUT2D eigenvalue weighted by atomic mass is 10.2. The number of rotatable bonds is 2. The average molecular weight is 153 g/mol. The highest BCUT2D eigenvalue weighted by molar-refractivity contribution is 4.88. The molecule has 0 bridgehead atoms. The lowest BCUT2D eigenvalue weighted by molar-refractivity contribution is 0.710. The molecule has 0 radical (unpaired) electrons. The third-order valence-electron chi connectivity index (χ3n) is 1.07. The Kier molecular flexibility index (Phi) is 5.11. The maximum Gasteiger partial charge on any atom is 0.107 e. The van der Waals surface area contributed by atoms with Crippen LogP contribution in [0.5, 0.6) is 0 Å². The first-order chi connectivity index (χ1) is 5.29. The van der Waals surface area contributed by atoms with Crippen molar-refractivity contribution in [1.82, 2.24) is 9.97 Å². The van der Waals surface area contributed by atoms with Crippen LogP contribution >= 0.6 is 0 Å². The van der Waals surface area contributed by atoms with Gasteiger partial charge in [0.05, 0.1) is 0 Å². The number of nitrogens with one attached hydrogen (secondary N) is 1. The van der Waals surface area contributed by atoms with Gasteiger partial charge in [-0.05, 0) is 6.92 Å². The topological polar surface area (TPSA) is 54.7 Å². The molecular formula is C8H15N3. The van der Waals surface area contributed by atoms with Gasteiger partial charge in [-0.15, -0.1) is 13.2 Å². The van der Waals surface area contributed by atoms with Crippen molar-refractivity contribution in [2.75, 3.05) is 0 Å². The standard InChI is InChI=1S/C6H11N3.C2H4/c1-5(7)4-6-8-2-3-9-6;1-2/h2-3,5H,4,7H2,1H3,(H,8,9);1-2H2. The predicted octanol–water partition coefficient (Wildman–Crippen LogP) is 1.10. The summed E-state index contributed by atoms with van der Waals surface area (Å²) in [7, 11) is 0. The van der Waals surface area contributed by atoms with Crippen LogP contribution in [0.1, 0.15) is 12.7 Å². The zero-order valence-electron chi connectivity index (χ0n) is 6.88. The van der Waals surface area contributed by atoms with Gasteiger partial charge in [0.2, 0.25) is 0 Å². The molecule has 1 heterocycles. The van der Waals surface area contributed by atoms with E-state index in [1.807, 2.05) is 6.92 Å². The van der Waals surface area contributed by atoms with Crippen LogP contribution in [0.15, 0.2) is 25.6 Å². The maximum absolute atomic E-state index is 5.52. The molecule has 3 nitrogen and oxygen atoms in total. The Bertz CT molecular complexity index is 167. The summed E-state index contributed by atoms with van der Waals surface area (Å²) >= 11 is 0. The lowest BCUT2D eigenvalue weighted by Gasteiger charge is -1.98. The second-order valence-electron chi connectivity index (χ2n) is 2.22. The van der Waals surface area contributed by atoms with E-state index in [4.69, 9.17) is 5.73 Å². The lowest BCUT2D eigenvalue weighted by Crippen LogP contribution is -2.18. The van der Waals surface area contributed by atoms with Gasteiger partial charge in [-0.3, -0.25) is 0 Å². The van der Waals surface area contributed by atoms with Crippen molar-refractivity contribution in [1.29, 1.82) is 0 Å². The molecule has 1 rings (SSSR count). The number of nitrogens with two attached hydrogens (primary N) is 1. The fourth-order valence-electron chi connectivity index (χ4n) is 0.715. The van der Waals surface area contributed by atoms with Crippen LogP contribution < -0.4 is 5.73 Å². The Morgan fingerprint density at radius 3 is 2.73 bits per heavy atom. The summed E-state index contributed by atoms with van der Waals surface area (Å²) < 4.78 is 0. The number of aromatic nitrogens is 2. The molecular weight excluding hydrogens is 138 g/mol. The molecule has 1 aromatic heterocycles. The SMILES string of the molecule is C=C.CC(N)Cc1ncc[nH]1. The molecule has 0 amide bonds. The van der Waals surface area contributed by atoms with Gasteiger partial charge in [0.1, 0.15) is 5.82 Å². The summed E-state index contributed by atoms with van der Waals surface area (Å²) in [5.41, 5.74) is 5.52. The molecule has 0 aromatic carbocycles. The largest absolute Gasteiger partial charge is 0.349 e. The average Bonchev–Trinajstić information content (AvgIpc) is 2.43. The summed E-state index contributed by atoms with van der Waals surface area (Å²) in [5.74, 6) is 0.963. The predicted molar refractivity (Wildman–Crippen MR) is 47.2 cm³/mol. The molecule has 0 aliphatic rings. The highest BCUT2D eigenvalue weighted by Crippen LogP contribution is 1.91. The molecule has 0 spiro atoms. The summed E-state index contributed by atoms with van der Waals surface area (Å²) in [6.07, 6.45) is 4.36. The number of imidazole rings is 1. The van der Waals surface area contributed by atoms with Gasteiger partial charge in [-0.2, -0.15) is 0 Å². The summed E-state index contributed by atoms with van der Waals surface area (Å²) in [6, 6.07) is 0.191. The van der Waals surface area contributed by atoms with Crippen molar-refractivity contribution in [2.24, 2.45) is 5.73 Å². The van der Waals surface area contributed by atoms with E-state index in [0.717, 1.165) is 12.2 Å². The van der Waals surface area contributed by atoms with E-state index in [-0.39, 0.29) is 6.04 Å². The van der Waals surface area contributed by atoms with Gasteiger partial charge in [0.15, 0.2) is 0 Å². The van der Waals surface area contributed by atoms with Crippen molar-refractivity contribution in [2.45, 2.75) is 19.4 Å². The van der Waals surface area contributed by atoms with Gasteiger partial charge >= 0.3 is 0 Å². The Hall–Kier alpha value is -1.09. The molecule has 0 aliphatic heterocycles. The molecule has 1 atom stereocenters. The summed E-state index contributed by atoms with van der Waals surface area (Å²) in [5, 5.41) is 0. The Morgan fingerprint density at radius 1 is 1.73 bits per heavy atom. The summed E-state index contributed by atoms with van der Waals surface area (Å²) in [4.78, 5) is 7.00. The van der Waals surface area contributed by atoms with E-state index >= 15 is 0 Å². The fourth-order valence-corrected chi connectivity index (χ4v) is 0.715. The Morgan fingerprint density at radius 2 is 2.36 bits per heavy atom. The number of hydrogen-bond acceptors (Lipinski definition) is 2. The van der Waals surface area contributed by atoms with E-state index in [0.29, 0.717) is 0 Å². The molecule has 0 fully saturated rings. The minimum atomic E-state index is 0.191. The molecule has 3 N–H and O–H groups in total. The molecule has 0 saturated carbocycles. The van der Waals surface area contributed by atoms with Gasteiger partial charge in [0, 0.05) is 24.9 Å². The molecule has 3 heteroatoms. The minimum Gasteiger partial charge on any atom is -0.349 e. The quantitative estimate of drug-likeness (QED) is 0.625. The van der Waals surface area contributed by atoms with Gasteiger partial charge in [0.25, 0.3) is 0 Å². The van der Waals surface area contributed by atoms with Crippen LogP contribution in [-0.4, -0.2) is 16.0 Å². The van der Waals surface area contributed by atoms with Crippen LogP contribution in [0.4, 0.5) is 0 Å². The monoisotopic (exact) mass is 153 g/mol. The molecule has 0 aliphatic carbocycles. The third kappa shape index (κ3) is 4.33. The molecule has 1 aromatic rings. The van der Waals surface area contributed by atoms with Gasteiger partial charge < -0.3 is 10.7 Å². The molecule has 1 unspecified atom stereocenters. The number of H-pyrrole nitrogens is 1. The van der Waals surface area contributed by atoms with Crippen molar-refractivity contribution in [3.05, 3.63) is 31.4 Å². The second kappa shape index (κ2) is 5.68. The van der Waals surface area contributed by atoms with E-state index in [2.05, 4.69) is 23.1 Å². The van der Waals surface area contributed by atoms with E-state index in [1.165, 1.54) is 0 Å². The first-order valence-electron chi connectivity index (χ1n) is 3.53. The van der Waals surface area contributed by atoms with Gasteiger partial charge in [-0.1, -0.05) is 0 Å². The maximum atomic E-state index is 5.52. The van der Waals surface area contributed by atoms with Crippen LogP contribution in [0.25, 0.3) is 0 Å². The Balaban J connectivity index is 0.000000461. The van der Waals surface area contributed by atoms with Crippen LogP contribution in [0.2, 0.25) is 0 Å². The first kappa shape index (κ1) is 9.91. The zero-order chi connectivity index (χ0) is 8.69. The normalized spacial score (nSPS) is 11.5. The highest BCUT2D eigenvalue weighted by Gasteiger charge is 1.96. The van der Waals surface area contributed by atoms with Crippen molar-refractivity contribution < 1.29 is 0 Å². The smallest absolute Gasteiger partial charge is 0.107 e. The van der Waals surface area contributed by atoms with Crippen molar-refractivity contribution >= 4 is 0 Å². The first-order valence-corrected chi connectivity index (χ1v) is 3.53. The molecule has 62 valence electrons. The van der Waals surface area contributed by atoms with E-state index < -0.39 is 0 Å². The van der Waals surface area contributed by atoms with E-state index in [1.54, 1.807) is 12.4 Å². The fraction of sp³-hybridized carbons (Fsp3) is 0.375. The zero-order valence-corrected chi connectivity index (χ0v) is 6.88. The number of hydrogen-bond donors (Lipinski definition) is 2. The minimum absolute atomic E-state index is 0.191. The number of aromatic amines is 1. The molecule has 11 heavy (non-hydrogen) atoms. The highest BCUT2D eigenvalue weighted by atomic mass is 14.9. The second-order valence-corrected chi connectivity index (χ2v) is 2.22. The van der Waals surface area contributed by atoms with Crippen LogP contribution in [0, 0.1) is 0 Å².